The fourth-order valence-electron chi connectivity index (χ4n) is 1.99. The summed E-state index contributed by atoms with van der Waals surface area (Å²) < 4.78 is 0. The minimum Gasteiger partial charge on any atom is -0.356 e. The number of hydrogen-bond acceptors (Lipinski definition) is 2. The smallest absolute Gasteiger partial charge is 0.223 e. The van der Waals surface area contributed by atoms with Crippen molar-refractivity contribution in [2.75, 3.05) is 13.1 Å². The van der Waals surface area contributed by atoms with Crippen molar-refractivity contribution in [1.82, 2.24) is 5.32 Å². The van der Waals surface area contributed by atoms with Crippen LogP contribution >= 0.6 is 0 Å². The fraction of sp³-hybridized carbons (Fsp3) is 0.909. The van der Waals surface area contributed by atoms with Gasteiger partial charge in [0.1, 0.15) is 0 Å². The van der Waals surface area contributed by atoms with Crippen LogP contribution in [0.2, 0.25) is 0 Å². The third kappa shape index (κ3) is 4.09. The lowest BCUT2D eigenvalue weighted by atomic mass is 9.89. The number of rotatable bonds is 5. The van der Waals surface area contributed by atoms with Crippen molar-refractivity contribution in [3.05, 3.63) is 0 Å². The van der Waals surface area contributed by atoms with Crippen LogP contribution in [0, 0.1) is 5.92 Å². The summed E-state index contributed by atoms with van der Waals surface area (Å²) in [4.78, 5) is 11.6. The van der Waals surface area contributed by atoms with E-state index in [1.807, 2.05) is 0 Å². The first-order valence-corrected chi connectivity index (χ1v) is 5.82. The average Bonchev–Trinajstić information content (AvgIpc) is 2.25. The Labute approximate surface area is 86.4 Å². The monoisotopic (exact) mass is 198 g/mol. The van der Waals surface area contributed by atoms with Crippen molar-refractivity contribution in [2.45, 2.75) is 44.9 Å². The van der Waals surface area contributed by atoms with Crippen LogP contribution < -0.4 is 11.1 Å². The number of nitrogens with one attached hydrogen (secondary N) is 1. The molecule has 82 valence electrons. The molecular weight excluding hydrogens is 176 g/mol. The van der Waals surface area contributed by atoms with Crippen LogP contribution in [0.3, 0.4) is 0 Å². The van der Waals surface area contributed by atoms with Gasteiger partial charge in [0.25, 0.3) is 0 Å². The molecule has 1 rings (SSSR count). The Hall–Kier alpha value is -0.570. The highest BCUT2D eigenvalue weighted by molar-refractivity contribution is 5.78. The van der Waals surface area contributed by atoms with Gasteiger partial charge in [0, 0.05) is 12.5 Å². The van der Waals surface area contributed by atoms with Crippen LogP contribution in [0.5, 0.6) is 0 Å². The van der Waals surface area contributed by atoms with E-state index in [2.05, 4.69) is 5.32 Å². The van der Waals surface area contributed by atoms with Crippen molar-refractivity contribution in [3.63, 3.8) is 0 Å². The molecule has 1 amide bonds. The number of amides is 1. The van der Waals surface area contributed by atoms with Crippen LogP contribution in [-0.4, -0.2) is 19.0 Å². The van der Waals surface area contributed by atoms with Crippen LogP contribution in [0.25, 0.3) is 0 Å². The van der Waals surface area contributed by atoms with Gasteiger partial charge in [-0.2, -0.15) is 0 Å². The first kappa shape index (κ1) is 11.5. The van der Waals surface area contributed by atoms with Gasteiger partial charge in [0.2, 0.25) is 5.91 Å². The molecule has 3 nitrogen and oxygen atoms in total. The molecule has 0 aromatic rings. The Kier molecular flexibility index (Phi) is 5.60. The molecule has 0 aromatic carbocycles. The third-order valence-corrected chi connectivity index (χ3v) is 2.91. The molecule has 0 spiro atoms. The van der Waals surface area contributed by atoms with Gasteiger partial charge in [-0.25, -0.2) is 0 Å². The van der Waals surface area contributed by atoms with Gasteiger partial charge in [-0.1, -0.05) is 19.3 Å². The molecule has 0 aliphatic heterocycles. The van der Waals surface area contributed by atoms with E-state index in [1.165, 1.54) is 19.3 Å². The van der Waals surface area contributed by atoms with E-state index in [0.717, 1.165) is 38.8 Å². The zero-order valence-electron chi connectivity index (χ0n) is 8.93. The Bertz CT molecular complexity index is 165. The maximum absolute atomic E-state index is 11.6. The fourth-order valence-corrected chi connectivity index (χ4v) is 1.99. The summed E-state index contributed by atoms with van der Waals surface area (Å²) in [6.45, 7) is 1.52. The molecule has 1 aliphatic rings. The number of carbonyl (C=O) groups is 1. The number of unbranched alkanes of at least 4 members (excludes halogenated alkanes) is 1. The summed E-state index contributed by atoms with van der Waals surface area (Å²) in [6, 6.07) is 0. The number of nitrogens with two attached hydrogens (primary N) is 1. The second-order valence-electron chi connectivity index (χ2n) is 4.12. The zero-order chi connectivity index (χ0) is 10.2. The van der Waals surface area contributed by atoms with Crippen LogP contribution in [-0.2, 0) is 4.79 Å². The average molecular weight is 198 g/mol. The Balaban J connectivity index is 2.07. The highest BCUT2D eigenvalue weighted by Gasteiger charge is 2.20. The van der Waals surface area contributed by atoms with Crippen molar-refractivity contribution in [1.29, 1.82) is 0 Å². The van der Waals surface area contributed by atoms with Crippen molar-refractivity contribution in [3.8, 4) is 0 Å². The SMILES string of the molecule is NCCCCNC(=O)C1CCCCC1. The van der Waals surface area contributed by atoms with Gasteiger partial charge in [0.15, 0.2) is 0 Å². The quantitative estimate of drug-likeness (QED) is 0.656. The first-order valence-electron chi connectivity index (χ1n) is 5.82. The molecule has 0 aromatic heterocycles. The molecule has 1 saturated carbocycles. The van der Waals surface area contributed by atoms with Gasteiger partial charge in [-0.15, -0.1) is 0 Å². The van der Waals surface area contributed by atoms with E-state index in [0.29, 0.717) is 5.92 Å². The maximum Gasteiger partial charge on any atom is 0.223 e. The normalized spacial score (nSPS) is 18.1. The lowest BCUT2D eigenvalue weighted by Crippen LogP contribution is -2.32. The molecule has 1 fully saturated rings. The molecule has 0 saturated heterocycles. The third-order valence-electron chi connectivity index (χ3n) is 2.91. The van der Waals surface area contributed by atoms with Crippen molar-refractivity contribution in [2.24, 2.45) is 11.7 Å². The summed E-state index contributed by atoms with van der Waals surface area (Å²) >= 11 is 0. The molecule has 0 bridgehead atoms. The number of hydrogen-bond donors (Lipinski definition) is 2. The minimum atomic E-state index is 0.265. The van der Waals surface area contributed by atoms with Gasteiger partial charge < -0.3 is 11.1 Å². The van der Waals surface area contributed by atoms with Gasteiger partial charge >= 0.3 is 0 Å². The standard InChI is InChI=1S/C11H22N2O/c12-8-4-5-9-13-11(14)10-6-2-1-3-7-10/h10H,1-9,12H2,(H,13,14). The summed E-state index contributed by atoms with van der Waals surface area (Å²) in [6.07, 6.45) is 7.93. The lowest BCUT2D eigenvalue weighted by molar-refractivity contribution is -0.125. The van der Waals surface area contributed by atoms with Crippen molar-refractivity contribution < 1.29 is 4.79 Å². The minimum absolute atomic E-state index is 0.265. The second-order valence-corrected chi connectivity index (χ2v) is 4.12. The molecule has 0 radical (unpaired) electrons. The maximum atomic E-state index is 11.6. The Morgan fingerprint density at radius 2 is 1.93 bits per heavy atom. The summed E-state index contributed by atoms with van der Waals surface area (Å²) in [5, 5.41) is 2.99. The van der Waals surface area contributed by atoms with E-state index >= 15 is 0 Å². The van der Waals surface area contributed by atoms with Crippen LogP contribution in [0.1, 0.15) is 44.9 Å². The summed E-state index contributed by atoms with van der Waals surface area (Å²) in [5.41, 5.74) is 5.38. The summed E-state index contributed by atoms with van der Waals surface area (Å²) in [7, 11) is 0. The van der Waals surface area contributed by atoms with Crippen LogP contribution in [0.15, 0.2) is 0 Å². The second kappa shape index (κ2) is 6.82. The predicted molar refractivity (Wildman–Crippen MR) is 57.9 cm³/mol. The molecular formula is C11H22N2O. The first-order chi connectivity index (χ1) is 6.84. The summed E-state index contributed by atoms with van der Waals surface area (Å²) in [5.74, 6) is 0.559. The lowest BCUT2D eigenvalue weighted by Gasteiger charge is -2.20. The molecule has 3 heteroatoms. The van der Waals surface area contributed by atoms with Gasteiger partial charge in [-0.05, 0) is 32.2 Å². The highest BCUT2D eigenvalue weighted by atomic mass is 16.1. The molecule has 0 heterocycles. The Morgan fingerprint density at radius 3 is 2.57 bits per heavy atom. The van der Waals surface area contributed by atoms with Crippen molar-refractivity contribution >= 4 is 5.91 Å². The molecule has 1 aliphatic carbocycles. The van der Waals surface area contributed by atoms with E-state index in [4.69, 9.17) is 5.73 Å². The zero-order valence-corrected chi connectivity index (χ0v) is 8.93. The molecule has 3 N–H and O–H groups in total. The number of carbonyl (C=O) groups excluding carboxylic acids is 1. The van der Waals surface area contributed by atoms with E-state index in [1.54, 1.807) is 0 Å². The molecule has 0 unspecified atom stereocenters. The largest absolute Gasteiger partial charge is 0.356 e. The van der Waals surface area contributed by atoms with E-state index in [9.17, 15) is 4.79 Å². The van der Waals surface area contributed by atoms with E-state index in [-0.39, 0.29) is 5.91 Å². The van der Waals surface area contributed by atoms with Crippen LogP contribution in [0.4, 0.5) is 0 Å². The van der Waals surface area contributed by atoms with E-state index < -0.39 is 0 Å². The highest BCUT2D eigenvalue weighted by Crippen LogP contribution is 2.23. The molecule has 0 atom stereocenters. The Morgan fingerprint density at radius 1 is 1.21 bits per heavy atom. The van der Waals surface area contributed by atoms with Gasteiger partial charge in [-0.3, -0.25) is 4.79 Å². The predicted octanol–water partition coefficient (Wildman–Crippen LogP) is 1.42. The topological polar surface area (TPSA) is 55.1 Å². The molecule has 14 heavy (non-hydrogen) atoms. The van der Waals surface area contributed by atoms with Gasteiger partial charge in [0.05, 0.1) is 0 Å².